The molecule has 82 valence electrons. The fourth-order valence-corrected chi connectivity index (χ4v) is 1.86. The highest BCUT2D eigenvalue weighted by molar-refractivity contribution is 5.65. The Bertz CT molecular complexity index is 524. The lowest BCUT2D eigenvalue weighted by molar-refractivity contribution is 0.977. The van der Waals surface area contributed by atoms with Gasteiger partial charge in [-0.05, 0) is 31.4 Å². The summed E-state index contributed by atoms with van der Waals surface area (Å²) in [7, 11) is 0. The number of imidazole rings is 1. The maximum atomic E-state index is 5.90. The number of hydrogen-bond donors (Lipinski definition) is 2. The van der Waals surface area contributed by atoms with Crippen LogP contribution < -0.4 is 5.73 Å². The maximum Gasteiger partial charge on any atom is 0.109 e. The van der Waals surface area contributed by atoms with Crippen LogP contribution in [0.1, 0.15) is 30.1 Å². The molecule has 1 aliphatic carbocycles. The van der Waals surface area contributed by atoms with Crippen LogP contribution in [0.2, 0.25) is 0 Å². The minimum absolute atomic E-state index is 0.663. The molecule has 16 heavy (non-hydrogen) atoms. The number of nitrogen functional groups attached to an aromatic ring is 1. The van der Waals surface area contributed by atoms with Crippen molar-refractivity contribution in [2.75, 3.05) is 5.73 Å². The van der Waals surface area contributed by atoms with E-state index in [9.17, 15) is 0 Å². The fraction of sp³-hybridized carbons (Fsp3) is 0.308. The summed E-state index contributed by atoms with van der Waals surface area (Å²) in [6.45, 7) is 2.02. The maximum absolute atomic E-state index is 5.90. The second kappa shape index (κ2) is 3.37. The number of nitrogens with zero attached hydrogens (tertiary/aromatic N) is 1. The Hall–Kier alpha value is -1.77. The van der Waals surface area contributed by atoms with Crippen molar-refractivity contribution in [1.82, 2.24) is 9.97 Å². The zero-order chi connectivity index (χ0) is 11.1. The molecular formula is C13H15N3. The molecule has 0 atom stereocenters. The lowest BCUT2D eigenvalue weighted by atomic mass is 10.1. The summed E-state index contributed by atoms with van der Waals surface area (Å²) < 4.78 is 0. The Balaban J connectivity index is 1.97. The van der Waals surface area contributed by atoms with Gasteiger partial charge in [-0.25, -0.2) is 4.98 Å². The van der Waals surface area contributed by atoms with E-state index in [1.807, 2.05) is 25.3 Å². The SMILES string of the molecule is Cc1ccc(-c2cnc(C3CC3)[nH]2)cc1N. The number of benzene rings is 1. The molecule has 0 aliphatic heterocycles. The van der Waals surface area contributed by atoms with Crippen molar-refractivity contribution in [3.8, 4) is 11.3 Å². The second-order valence-electron chi connectivity index (χ2n) is 4.53. The van der Waals surface area contributed by atoms with Crippen LogP contribution in [-0.2, 0) is 0 Å². The molecular weight excluding hydrogens is 198 g/mol. The van der Waals surface area contributed by atoms with Crippen LogP contribution in [0.15, 0.2) is 24.4 Å². The van der Waals surface area contributed by atoms with E-state index in [0.717, 1.165) is 28.3 Å². The number of nitrogens with one attached hydrogen (secondary N) is 1. The molecule has 3 heteroatoms. The van der Waals surface area contributed by atoms with Crippen LogP contribution in [0, 0.1) is 6.92 Å². The first-order valence-electron chi connectivity index (χ1n) is 5.65. The number of H-pyrrole nitrogens is 1. The van der Waals surface area contributed by atoms with E-state index >= 15 is 0 Å². The van der Waals surface area contributed by atoms with Crippen LogP contribution in [0.4, 0.5) is 5.69 Å². The lowest BCUT2D eigenvalue weighted by Gasteiger charge is -2.02. The van der Waals surface area contributed by atoms with Crippen molar-refractivity contribution in [2.24, 2.45) is 0 Å². The predicted octanol–water partition coefficient (Wildman–Crippen LogP) is 2.84. The van der Waals surface area contributed by atoms with Gasteiger partial charge in [-0.2, -0.15) is 0 Å². The van der Waals surface area contributed by atoms with E-state index in [-0.39, 0.29) is 0 Å². The first kappa shape index (κ1) is 9.46. The highest BCUT2D eigenvalue weighted by Crippen LogP contribution is 2.38. The first-order valence-corrected chi connectivity index (χ1v) is 5.65. The molecule has 2 aromatic rings. The van der Waals surface area contributed by atoms with Crippen LogP contribution in [-0.4, -0.2) is 9.97 Å². The summed E-state index contributed by atoms with van der Waals surface area (Å²) >= 11 is 0. The zero-order valence-electron chi connectivity index (χ0n) is 9.33. The van der Waals surface area contributed by atoms with Gasteiger partial charge in [0.1, 0.15) is 5.82 Å². The molecule has 0 saturated heterocycles. The number of nitrogens with two attached hydrogens (primary N) is 1. The molecule has 1 saturated carbocycles. The van der Waals surface area contributed by atoms with Gasteiger partial charge in [-0.3, -0.25) is 0 Å². The van der Waals surface area contributed by atoms with E-state index in [4.69, 9.17) is 5.73 Å². The minimum atomic E-state index is 0.663. The third kappa shape index (κ3) is 1.58. The molecule has 1 aromatic heterocycles. The molecule has 3 nitrogen and oxygen atoms in total. The second-order valence-corrected chi connectivity index (χ2v) is 4.53. The van der Waals surface area contributed by atoms with E-state index in [1.165, 1.54) is 12.8 Å². The van der Waals surface area contributed by atoms with E-state index < -0.39 is 0 Å². The molecule has 0 radical (unpaired) electrons. The summed E-state index contributed by atoms with van der Waals surface area (Å²) in [4.78, 5) is 7.78. The van der Waals surface area contributed by atoms with Gasteiger partial charge in [-0.1, -0.05) is 12.1 Å². The molecule has 0 bridgehead atoms. The molecule has 1 fully saturated rings. The van der Waals surface area contributed by atoms with Crippen LogP contribution in [0.25, 0.3) is 11.3 Å². The average molecular weight is 213 g/mol. The van der Waals surface area contributed by atoms with Crippen LogP contribution >= 0.6 is 0 Å². The van der Waals surface area contributed by atoms with Crippen molar-refractivity contribution in [2.45, 2.75) is 25.7 Å². The number of hydrogen-bond acceptors (Lipinski definition) is 2. The fourth-order valence-electron chi connectivity index (χ4n) is 1.86. The molecule has 0 spiro atoms. The van der Waals surface area contributed by atoms with Gasteiger partial charge in [0, 0.05) is 17.2 Å². The van der Waals surface area contributed by atoms with E-state index in [1.54, 1.807) is 0 Å². The zero-order valence-corrected chi connectivity index (χ0v) is 9.33. The lowest BCUT2D eigenvalue weighted by Crippen LogP contribution is -1.90. The molecule has 0 amide bonds. The third-order valence-corrected chi connectivity index (χ3v) is 3.15. The Labute approximate surface area is 94.7 Å². The van der Waals surface area contributed by atoms with Gasteiger partial charge < -0.3 is 10.7 Å². The van der Waals surface area contributed by atoms with Crippen molar-refractivity contribution >= 4 is 5.69 Å². The monoisotopic (exact) mass is 213 g/mol. The number of anilines is 1. The summed E-state index contributed by atoms with van der Waals surface area (Å²) in [6, 6.07) is 6.12. The normalized spacial score (nSPS) is 15.3. The average Bonchev–Trinajstić information content (AvgIpc) is 3.01. The summed E-state index contributed by atoms with van der Waals surface area (Å²) in [6.07, 6.45) is 4.43. The van der Waals surface area contributed by atoms with Gasteiger partial charge in [0.25, 0.3) is 0 Å². The van der Waals surface area contributed by atoms with Crippen LogP contribution in [0.3, 0.4) is 0 Å². The largest absolute Gasteiger partial charge is 0.398 e. The van der Waals surface area contributed by atoms with Gasteiger partial charge in [-0.15, -0.1) is 0 Å². The number of aryl methyl sites for hydroxylation is 1. The molecule has 1 aliphatic rings. The van der Waals surface area contributed by atoms with Crippen molar-refractivity contribution in [3.05, 3.63) is 35.8 Å². The summed E-state index contributed by atoms with van der Waals surface area (Å²) in [5.74, 6) is 1.78. The highest BCUT2D eigenvalue weighted by Gasteiger charge is 2.26. The van der Waals surface area contributed by atoms with Gasteiger partial charge in [0.05, 0.1) is 11.9 Å². The third-order valence-electron chi connectivity index (χ3n) is 3.15. The smallest absolute Gasteiger partial charge is 0.109 e. The van der Waals surface area contributed by atoms with Gasteiger partial charge in [0.2, 0.25) is 0 Å². The Morgan fingerprint density at radius 2 is 2.19 bits per heavy atom. The van der Waals surface area contributed by atoms with Crippen molar-refractivity contribution in [1.29, 1.82) is 0 Å². The van der Waals surface area contributed by atoms with E-state index in [2.05, 4.69) is 16.0 Å². The van der Waals surface area contributed by atoms with Crippen LogP contribution in [0.5, 0.6) is 0 Å². The molecule has 3 rings (SSSR count). The molecule has 1 aromatic carbocycles. The Morgan fingerprint density at radius 3 is 2.88 bits per heavy atom. The Kier molecular flexibility index (Phi) is 1.99. The number of aromatic nitrogens is 2. The number of rotatable bonds is 2. The topological polar surface area (TPSA) is 54.7 Å². The molecule has 0 unspecified atom stereocenters. The first-order chi connectivity index (χ1) is 7.74. The predicted molar refractivity (Wildman–Crippen MR) is 65.1 cm³/mol. The molecule has 1 heterocycles. The van der Waals surface area contributed by atoms with Crippen molar-refractivity contribution in [3.63, 3.8) is 0 Å². The Morgan fingerprint density at radius 1 is 1.38 bits per heavy atom. The highest BCUT2D eigenvalue weighted by atomic mass is 14.9. The molecule has 3 N–H and O–H groups in total. The number of aromatic amines is 1. The minimum Gasteiger partial charge on any atom is -0.398 e. The standard InChI is InChI=1S/C13H15N3/c1-8-2-3-10(6-11(8)14)12-7-15-13(16-12)9-4-5-9/h2-3,6-7,9H,4-5,14H2,1H3,(H,15,16). The van der Waals surface area contributed by atoms with E-state index in [0.29, 0.717) is 5.92 Å². The quantitative estimate of drug-likeness (QED) is 0.754. The summed E-state index contributed by atoms with van der Waals surface area (Å²) in [5, 5.41) is 0. The van der Waals surface area contributed by atoms with Crippen molar-refractivity contribution < 1.29 is 0 Å². The van der Waals surface area contributed by atoms with Gasteiger partial charge >= 0.3 is 0 Å². The van der Waals surface area contributed by atoms with Gasteiger partial charge in [0.15, 0.2) is 0 Å². The summed E-state index contributed by atoms with van der Waals surface area (Å²) in [5.41, 5.74) is 10.0.